The van der Waals surface area contributed by atoms with Crippen molar-refractivity contribution in [3.63, 3.8) is 0 Å². The third-order valence-electron chi connectivity index (χ3n) is 5.11. The molecule has 0 bridgehead atoms. The van der Waals surface area contributed by atoms with Crippen LogP contribution in [0.1, 0.15) is 35.7 Å². The summed E-state index contributed by atoms with van der Waals surface area (Å²) >= 11 is 5.25. The molecular weight excluding hydrogens is 410 g/mol. The summed E-state index contributed by atoms with van der Waals surface area (Å²) in [4.78, 5) is 15.3. The molecule has 0 radical (unpaired) electrons. The Hall–Kier alpha value is -1.69. The molecule has 134 valence electrons. The summed E-state index contributed by atoms with van der Waals surface area (Å²) < 4.78 is 1.07. The minimum Gasteiger partial charge on any atom is -0.480 e. The highest BCUT2D eigenvalue weighted by Crippen LogP contribution is 2.39. The van der Waals surface area contributed by atoms with Crippen LogP contribution in [0.4, 0.5) is 0 Å². The summed E-state index contributed by atoms with van der Waals surface area (Å²) in [6.07, 6.45) is 2.73. The number of likely N-dealkylation sites (tertiary alicyclic amines) is 1. The van der Waals surface area contributed by atoms with Gasteiger partial charge in [0.2, 0.25) is 0 Å². The van der Waals surface area contributed by atoms with E-state index >= 15 is 0 Å². The molecule has 1 saturated heterocycles. The van der Waals surface area contributed by atoms with E-state index in [1.54, 1.807) is 11.3 Å². The highest BCUT2D eigenvalue weighted by Gasteiger charge is 2.35. The number of hydrogen-bond acceptors (Lipinski definition) is 3. The molecule has 0 saturated carbocycles. The van der Waals surface area contributed by atoms with E-state index in [4.69, 9.17) is 0 Å². The fraction of sp³-hybridized carbons (Fsp3) is 0.286. The van der Waals surface area contributed by atoms with Gasteiger partial charge < -0.3 is 5.11 Å². The van der Waals surface area contributed by atoms with Crippen molar-refractivity contribution in [2.75, 3.05) is 6.54 Å². The van der Waals surface area contributed by atoms with E-state index in [9.17, 15) is 9.90 Å². The lowest BCUT2D eigenvalue weighted by Crippen LogP contribution is -2.46. The van der Waals surface area contributed by atoms with Gasteiger partial charge in [0.25, 0.3) is 0 Å². The first-order chi connectivity index (χ1) is 12.6. The Morgan fingerprint density at radius 1 is 1.12 bits per heavy atom. The SMILES string of the molecule is O=C(O)C1CCCCN1C(c1ccc2ccccc2c1)c1ccc(Br)s1. The average Bonchev–Trinajstić information content (AvgIpc) is 3.08. The Labute approximate surface area is 165 Å². The fourth-order valence-corrected chi connectivity index (χ4v) is 5.47. The number of aliphatic carboxylic acids is 1. The maximum atomic E-state index is 11.9. The highest BCUT2D eigenvalue weighted by atomic mass is 79.9. The molecular formula is C21H20BrNO2S. The van der Waals surface area contributed by atoms with E-state index in [2.05, 4.69) is 57.2 Å². The van der Waals surface area contributed by atoms with Crippen molar-refractivity contribution in [2.45, 2.75) is 31.3 Å². The van der Waals surface area contributed by atoms with Crippen molar-refractivity contribution in [3.05, 3.63) is 68.8 Å². The first kappa shape index (κ1) is 17.7. The zero-order valence-electron chi connectivity index (χ0n) is 14.3. The summed E-state index contributed by atoms with van der Waals surface area (Å²) in [5.41, 5.74) is 1.16. The van der Waals surface area contributed by atoms with Gasteiger partial charge in [-0.3, -0.25) is 9.69 Å². The summed E-state index contributed by atoms with van der Waals surface area (Å²) in [7, 11) is 0. The second-order valence-corrected chi connectivity index (χ2v) is 9.23. The van der Waals surface area contributed by atoms with Crippen molar-refractivity contribution >= 4 is 44.0 Å². The number of carboxylic acid groups (broad SMARTS) is 1. The van der Waals surface area contributed by atoms with E-state index < -0.39 is 12.0 Å². The lowest BCUT2D eigenvalue weighted by Gasteiger charge is -2.39. The number of carboxylic acids is 1. The molecule has 0 aliphatic carbocycles. The lowest BCUT2D eigenvalue weighted by molar-refractivity contribution is -0.145. The van der Waals surface area contributed by atoms with Crippen molar-refractivity contribution < 1.29 is 9.90 Å². The summed E-state index contributed by atoms with van der Waals surface area (Å²) in [6.45, 7) is 0.810. The van der Waals surface area contributed by atoms with Crippen LogP contribution in [0.2, 0.25) is 0 Å². The summed E-state index contributed by atoms with van der Waals surface area (Å²) in [5.74, 6) is -0.717. The van der Waals surface area contributed by atoms with Crippen molar-refractivity contribution in [1.82, 2.24) is 4.90 Å². The van der Waals surface area contributed by atoms with Gasteiger partial charge in [-0.05, 0) is 69.9 Å². The van der Waals surface area contributed by atoms with Crippen molar-refractivity contribution in [1.29, 1.82) is 0 Å². The molecule has 2 unspecified atom stereocenters. The molecule has 26 heavy (non-hydrogen) atoms. The molecule has 2 aromatic carbocycles. The predicted molar refractivity (Wildman–Crippen MR) is 110 cm³/mol. The molecule has 1 aromatic heterocycles. The number of carbonyl (C=O) groups is 1. The molecule has 1 aliphatic rings. The maximum absolute atomic E-state index is 11.9. The largest absolute Gasteiger partial charge is 0.480 e. The minimum absolute atomic E-state index is 0.0303. The summed E-state index contributed by atoms with van der Waals surface area (Å²) in [6, 6.07) is 18.5. The second-order valence-electron chi connectivity index (χ2n) is 6.74. The fourth-order valence-electron chi connectivity index (χ4n) is 3.90. The van der Waals surface area contributed by atoms with Gasteiger partial charge >= 0.3 is 5.97 Å². The zero-order chi connectivity index (χ0) is 18.1. The Morgan fingerprint density at radius 2 is 1.92 bits per heavy atom. The van der Waals surface area contributed by atoms with Crippen molar-refractivity contribution in [2.24, 2.45) is 0 Å². The normalized spacial score (nSPS) is 19.5. The molecule has 3 aromatic rings. The Morgan fingerprint density at radius 3 is 2.65 bits per heavy atom. The van der Waals surface area contributed by atoms with Gasteiger partial charge in [0.15, 0.2) is 0 Å². The molecule has 0 spiro atoms. The number of benzene rings is 2. The summed E-state index contributed by atoms with van der Waals surface area (Å²) in [5, 5.41) is 12.2. The first-order valence-corrected chi connectivity index (χ1v) is 10.5. The molecule has 1 aliphatic heterocycles. The Kier molecular flexibility index (Phi) is 5.11. The first-order valence-electron chi connectivity index (χ1n) is 8.86. The number of rotatable bonds is 4. The van der Waals surface area contributed by atoms with Crippen LogP contribution in [-0.4, -0.2) is 28.6 Å². The van der Waals surface area contributed by atoms with Gasteiger partial charge in [-0.1, -0.05) is 42.8 Å². The van der Waals surface area contributed by atoms with Crippen LogP contribution in [0.15, 0.2) is 58.4 Å². The van der Waals surface area contributed by atoms with Gasteiger partial charge in [-0.15, -0.1) is 11.3 Å². The van der Waals surface area contributed by atoms with Crippen LogP contribution in [0.3, 0.4) is 0 Å². The van der Waals surface area contributed by atoms with E-state index in [0.717, 1.165) is 28.7 Å². The third kappa shape index (κ3) is 3.43. The van der Waals surface area contributed by atoms with Crippen LogP contribution in [0, 0.1) is 0 Å². The molecule has 3 nitrogen and oxygen atoms in total. The van der Waals surface area contributed by atoms with E-state index in [-0.39, 0.29) is 6.04 Å². The third-order valence-corrected chi connectivity index (χ3v) is 6.79. The molecule has 4 rings (SSSR count). The number of hydrogen-bond donors (Lipinski definition) is 1. The van der Waals surface area contributed by atoms with Crippen LogP contribution < -0.4 is 0 Å². The van der Waals surface area contributed by atoms with Gasteiger partial charge in [0.1, 0.15) is 6.04 Å². The predicted octanol–water partition coefficient (Wildman–Crippen LogP) is 5.69. The van der Waals surface area contributed by atoms with E-state index in [1.807, 2.05) is 18.2 Å². The molecule has 2 heterocycles. The van der Waals surface area contributed by atoms with E-state index in [1.165, 1.54) is 15.6 Å². The average molecular weight is 430 g/mol. The van der Waals surface area contributed by atoms with Crippen molar-refractivity contribution in [3.8, 4) is 0 Å². The van der Waals surface area contributed by atoms with Gasteiger partial charge in [-0.2, -0.15) is 0 Å². The standard InChI is InChI=1S/C21H20BrNO2S/c22-19-11-10-18(26-19)20(23-12-4-3-7-17(23)21(24)25)16-9-8-14-5-1-2-6-15(14)13-16/h1-2,5-6,8-11,13,17,20H,3-4,7,12H2,(H,24,25). The quantitative estimate of drug-likeness (QED) is 0.578. The minimum atomic E-state index is -0.717. The monoisotopic (exact) mass is 429 g/mol. The number of nitrogens with zero attached hydrogens (tertiary/aromatic N) is 1. The van der Waals surface area contributed by atoms with Gasteiger partial charge in [0.05, 0.1) is 9.83 Å². The second kappa shape index (κ2) is 7.51. The van der Waals surface area contributed by atoms with Crippen LogP contribution in [0.5, 0.6) is 0 Å². The molecule has 0 amide bonds. The van der Waals surface area contributed by atoms with E-state index in [0.29, 0.717) is 6.42 Å². The Balaban J connectivity index is 1.83. The maximum Gasteiger partial charge on any atom is 0.320 e. The molecule has 5 heteroatoms. The van der Waals surface area contributed by atoms with Crippen LogP contribution >= 0.6 is 27.3 Å². The number of thiophene rings is 1. The van der Waals surface area contributed by atoms with Gasteiger partial charge in [0, 0.05) is 4.88 Å². The highest BCUT2D eigenvalue weighted by molar-refractivity contribution is 9.11. The van der Waals surface area contributed by atoms with Crippen LogP contribution in [0.25, 0.3) is 10.8 Å². The molecule has 1 fully saturated rings. The number of piperidine rings is 1. The van der Waals surface area contributed by atoms with Crippen LogP contribution in [-0.2, 0) is 4.79 Å². The smallest absolute Gasteiger partial charge is 0.320 e. The molecule has 1 N–H and O–H groups in total. The topological polar surface area (TPSA) is 40.5 Å². The lowest BCUT2D eigenvalue weighted by atomic mass is 9.94. The molecule has 2 atom stereocenters. The Bertz CT molecular complexity index is 938. The number of fused-ring (bicyclic) bond motifs is 1. The number of halogens is 1. The zero-order valence-corrected chi connectivity index (χ0v) is 16.7. The van der Waals surface area contributed by atoms with Gasteiger partial charge in [-0.25, -0.2) is 0 Å².